The number of nitrogens with one attached hydrogen (secondary N) is 1. The number of benzene rings is 2. The van der Waals surface area contributed by atoms with Gasteiger partial charge in [0.05, 0.1) is 4.92 Å². The minimum Gasteiger partial charge on any atom is -0.366 e. The van der Waals surface area contributed by atoms with E-state index in [1.165, 1.54) is 17.2 Å². The summed E-state index contributed by atoms with van der Waals surface area (Å²) in [5, 5.41) is 14.5. The maximum Gasteiger partial charge on any atom is 0.293 e. The van der Waals surface area contributed by atoms with Crippen molar-refractivity contribution in [3.05, 3.63) is 63.2 Å². The monoisotopic (exact) mass is 379 g/mol. The SMILES string of the molecule is CC1CCN(c2ccc(C(=O)Nc3ccc4c(c3)CCC4)cc2[N+](=O)[O-])CC1. The molecule has 146 valence electrons. The normalized spacial score (nSPS) is 16.7. The fourth-order valence-electron chi connectivity index (χ4n) is 4.18. The molecule has 4 rings (SSSR count). The van der Waals surface area contributed by atoms with Gasteiger partial charge in [-0.25, -0.2) is 0 Å². The number of anilines is 2. The number of hydrogen-bond acceptors (Lipinski definition) is 4. The van der Waals surface area contributed by atoms with Gasteiger partial charge in [0.2, 0.25) is 0 Å². The van der Waals surface area contributed by atoms with Crippen LogP contribution in [0.2, 0.25) is 0 Å². The van der Waals surface area contributed by atoms with Crippen molar-refractivity contribution in [2.24, 2.45) is 5.92 Å². The van der Waals surface area contributed by atoms with Crippen LogP contribution in [0.4, 0.5) is 17.1 Å². The molecule has 0 spiro atoms. The lowest BCUT2D eigenvalue weighted by molar-refractivity contribution is -0.384. The number of carbonyl (C=O) groups is 1. The Morgan fingerprint density at radius 3 is 2.61 bits per heavy atom. The largest absolute Gasteiger partial charge is 0.366 e. The summed E-state index contributed by atoms with van der Waals surface area (Å²) in [7, 11) is 0. The fraction of sp³-hybridized carbons (Fsp3) is 0.409. The van der Waals surface area contributed by atoms with Crippen LogP contribution < -0.4 is 10.2 Å². The molecule has 0 unspecified atom stereocenters. The molecule has 2 aliphatic rings. The summed E-state index contributed by atoms with van der Waals surface area (Å²) in [6, 6.07) is 10.8. The van der Waals surface area contributed by atoms with E-state index in [-0.39, 0.29) is 16.5 Å². The van der Waals surface area contributed by atoms with Crippen LogP contribution in [0.3, 0.4) is 0 Å². The Bertz CT molecular complexity index is 917. The molecule has 0 radical (unpaired) electrons. The van der Waals surface area contributed by atoms with Crippen molar-refractivity contribution < 1.29 is 9.72 Å². The van der Waals surface area contributed by atoms with Crippen molar-refractivity contribution in [3.63, 3.8) is 0 Å². The third-order valence-corrected chi connectivity index (χ3v) is 5.91. The molecule has 2 aromatic carbocycles. The third-order valence-electron chi connectivity index (χ3n) is 5.91. The Kier molecular flexibility index (Phi) is 5.03. The van der Waals surface area contributed by atoms with Gasteiger partial charge in [0.15, 0.2) is 0 Å². The molecule has 1 heterocycles. The molecule has 0 saturated carbocycles. The average molecular weight is 379 g/mol. The number of nitrogens with zero attached hydrogens (tertiary/aromatic N) is 2. The Hall–Kier alpha value is -2.89. The standard InChI is InChI=1S/C22H25N3O3/c1-15-9-11-24(12-10-15)20-8-6-18(14-21(20)25(27)28)22(26)23-19-7-5-16-3-2-4-17(16)13-19/h5-8,13-15H,2-4,9-12H2,1H3,(H,23,26). The van der Waals surface area contributed by atoms with Gasteiger partial charge in [-0.15, -0.1) is 0 Å². The summed E-state index contributed by atoms with van der Waals surface area (Å²) >= 11 is 0. The van der Waals surface area contributed by atoms with E-state index >= 15 is 0 Å². The zero-order chi connectivity index (χ0) is 19.7. The summed E-state index contributed by atoms with van der Waals surface area (Å²) in [5.74, 6) is 0.326. The second kappa shape index (κ2) is 7.62. The van der Waals surface area contributed by atoms with Gasteiger partial charge in [0.1, 0.15) is 5.69 Å². The van der Waals surface area contributed by atoms with Crippen molar-refractivity contribution in [3.8, 4) is 0 Å². The molecule has 0 atom stereocenters. The smallest absolute Gasteiger partial charge is 0.293 e. The van der Waals surface area contributed by atoms with Gasteiger partial charge < -0.3 is 10.2 Å². The number of piperidine rings is 1. The maximum absolute atomic E-state index is 12.7. The van der Waals surface area contributed by atoms with Crippen molar-refractivity contribution in [1.29, 1.82) is 0 Å². The molecule has 0 bridgehead atoms. The van der Waals surface area contributed by atoms with Gasteiger partial charge in [-0.2, -0.15) is 0 Å². The van der Waals surface area contributed by atoms with Crippen molar-refractivity contribution in [2.75, 3.05) is 23.3 Å². The number of carbonyl (C=O) groups excluding carboxylic acids is 1. The molecular formula is C22H25N3O3. The van der Waals surface area contributed by atoms with Crippen molar-refractivity contribution in [2.45, 2.75) is 39.0 Å². The summed E-state index contributed by atoms with van der Waals surface area (Å²) in [4.78, 5) is 26.0. The predicted octanol–water partition coefficient (Wildman–Crippen LogP) is 4.57. The number of nitro benzene ring substituents is 1. The molecule has 6 heteroatoms. The van der Waals surface area contributed by atoms with Gasteiger partial charge >= 0.3 is 0 Å². The first-order valence-corrected chi connectivity index (χ1v) is 9.98. The Morgan fingerprint density at radius 1 is 1.11 bits per heavy atom. The Balaban J connectivity index is 1.55. The van der Waals surface area contributed by atoms with Gasteiger partial charge in [0, 0.05) is 30.4 Å². The van der Waals surface area contributed by atoms with Crippen LogP contribution >= 0.6 is 0 Å². The highest BCUT2D eigenvalue weighted by molar-refractivity contribution is 6.05. The fourth-order valence-corrected chi connectivity index (χ4v) is 4.18. The lowest BCUT2D eigenvalue weighted by Gasteiger charge is -2.31. The molecule has 0 aromatic heterocycles. The molecule has 1 amide bonds. The molecule has 6 nitrogen and oxygen atoms in total. The number of aryl methyl sites for hydroxylation is 2. The number of nitro groups is 1. The van der Waals surface area contributed by atoms with E-state index in [4.69, 9.17) is 0 Å². The summed E-state index contributed by atoms with van der Waals surface area (Å²) in [6.45, 7) is 3.82. The van der Waals surface area contributed by atoms with Crippen LogP contribution in [0, 0.1) is 16.0 Å². The molecule has 1 N–H and O–H groups in total. The van der Waals surface area contributed by atoms with Gasteiger partial charge in [-0.1, -0.05) is 13.0 Å². The molecule has 1 fully saturated rings. The van der Waals surface area contributed by atoms with E-state index in [1.807, 2.05) is 12.1 Å². The third kappa shape index (κ3) is 3.72. The highest BCUT2D eigenvalue weighted by atomic mass is 16.6. The van der Waals surface area contributed by atoms with E-state index in [0.717, 1.165) is 50.9 Å². The predicted molar refractivity (Wildman–Crippen MR) is 110 cm³/mol. The Morgan fingerprint density at radius 2 is 1.86 bits per heavy atom. The van der Waals surface area contributed by atoms with E-state index in [2.05, 4.69) is 23.2 Å². The number of rotatable bonds is 4. The highest BCUT2D eigenvalue weighted by Crippen LogP contribution is 2.33. The number of hydrogen-bond donors (Lipinski definition) is 1. The van der Waals surface area contributed by atoms with E-state index in [1.54, 1.807) is 12.1 Å². The molecule has 1 aliphatic carbocycles. The lowest BCUT2D eigenvalue weighted by atomic mass is 9.98. The first-order valence-electron chi connectivity index (χ1n) is 9.98. The van der Waals surface area contributed by atoms with Crippen molar-refractivity contribution in [1.82, 2.24) is 0 Å². The van der Waals surface area contributed by atoms with Crippen LogP contribution in [-0.4, -0.2) is 23.9 Å². The van der Waals surface area contributed by atoms with E-state index in [9.17, 15) is 14.9 Å². The Labute approximate surface area is 164 Å². The minimum absolute atomic E-state index is 0.00356. The maximum atomic E-state index is 12.7. The first kappa shape index (κ1) is 18.5. The summed E-state index contributed by atoms with van der Waals surface area (Å²) < 4.78 is 0. The number of amides is 1. The topological polar surface area (TPSA) is 75.5 Å². The second-order valence-corrected chi connectivity index (χ2v) is 7.92. The molecular weight excluding hydrogens is 354 g/mol. The van der Waals surface area contributed by atoms with Gasteiger partial charge in [0.25, 0.3) is 11.6 Å². The van der Waals surface area contributed by atoms with Gasteiger partial charge in [-0.3, -0.25) is 14.9 Å². The molecule has 2 aromatic rings. The van der Waals surface area contributed by atoms with E-state index < -0.39 is 0 Å². The van der Waals surface area contributed by atoms with Crippen LogP contribution in [0.1, 0.15) is 47.7 Å². The average Bonchev–Trinajstić information content (AvgIpc) is 3.16. The van der Waals surface area contributed by atoms with E-state index in [0.29, 0.717) is 17.2 Å². The quantitative estimate of drug-likeness (QED) is 0.623. The molecule has 28 heavy (non-hydrogen) atoms. The summed E-state index contributed by atoms with van der Waals surface area (Å²) in [5.41, 5.74) is 4.26. The lowest BCUT2D eigenvalue weighted by Crippen LogP contribution is -2.33. The second-order valence-electron chi connectivity index (χ2n) is 7.92. The highest BCUT2D eigenvalue weighted by Gasteiger charge is 2.25. The van der Waals surface area contributed by atoms with Crippen molar-refractivity contribution >= 4 is 23.0 Å². The first-order chi connectivity index (χ1) is 13.5. The summed E-state index contributed by atoms with van der Waals surface area (Å²) in [6.07, 6.45) is 5.32. The zero-order valence-corrected chi connectivity index (χ0v) is 16.1. The zero-order valence-electron chi connectivity index (χ0n) is 16.1. The number of fused-ring (bicyclic) bond motifs is 1. The molecule has 1 saturated heterocycles. The molecule has 1 aliphatic heterocycles. The van der Waals surface area contributed by atoms with Crippen LogP contribution in [0.25, 0.3) is 0 Å². The minimum atomic E-state index is -0.389. The van der Waals surface area contributed by atoms with Gasteiger partial charge in [-0.05, 0) is 73.4 Å². The van der Waals surface area contributed by atoms with Crippen LogP contribution in [0.5, 0.6) is 0 Å². The van der Waals surface area contributed by atoms with Crippen LogP contribution in [0.15, 0.2) is 36.4 Å². The van der Waals surface area contributed by atoms with Crippen LogP contribution in [-0.2, 0) is 12.8 Å².